The molecule has 0 saturated carbocycles. The Balaban J connectivity index is 1.53. The normalized spacial score (nSPS) is 13.5. The molecule has 0 bridgehead atoms. The lowest BCUT2D eigenvalue weighted by Crippen LogP contribution is -2.36. The second-order valence-electron chi connectivity index (χ2n) is 6.36. The van der Waals surface area contributed by atoms with E-state index in [-0.39, 0.29) is 18.3 Å². The van der Waals surface area contributed by atoms with Crippen molar-refractivity contribution in [3.63, 3.8) is 0 Å². The average molecular weight is 350 g/mol. The summed E-state index contributed by atoms with van der Waals surface area (Å²) in [6.07, 6.45) is 0.329. The lowest BCUT2D eigenvalue weighted by atomic mass is 10.0. The van der Waals surface area contributed by atoms with Gasteiger partial charge in [-0.05, 0) is 23.8 Å². The second-order valence-corrected chi connectivity index (χ2v) is 6.36. The Morgan fingerprint density at radius 3 is 2.73 bits per heavy atom. The highest BCUT2D eigenvalue weighted by Gasteiger charge is 2.25. The summed E-state index contributed by atoms with van der Waals surface area (Å²) in [6.45, 7) is 1.21. The number of nitrogens with zero attached hydrogens (tertiary/aromatic N) is 1. The van der Waals surface area contributed by atoms with Gasteiger partial charge in [-0.15, -0.1) is 0 Å². The van der Waals surface area contributed by atoms with E-state index in [1.807, 2.05) is 30.3 Å². The third-order valence-electron chi connectivity index (χ3n) is 4.69. The Morgan fingerprint density at radius 1 is 1.15 bits per heavy atom. The van der Waals surface area contributed by atoms with Crippen LogP contribution in [0.25, 0.3) is 10.9 Å². The van der Waals surface area contributed by atoms with Gasteiger partial charge < -0.3 is 19.7 Å². The second kappa shape index (κ2) is 6.55. The standard InChI is InChI=1S/C20H18N2O4/c23-19(24)14-6-7-17-15(10-14)16-11-22(9-8-18(16)21-17)20(25)26-12-13-4-2-1-3-5-13/h1-7,10,21H,8-9,11-12H2,(H,23,24). The molecule has 0 radical (unpaired) electrons. The first-order chi connectivity index (χ1) is 12.6. The summed E-state index contributed by atoms with van der Waals surface area (Å²) < 4.78 is 5.42. The predicted molar refractivity (Wildman–Crippen MR) is 96.0 cm³/mol. The fourth-order valence-electron chi connectivity index (χ4n) is 3.31. The van der Waals surface area contributed by atoms with Crippen LogP contribution in [0.3, 0.4) is 0 Å². The molecule has 26 heavy (non-hydrogen) atoms. The number of hydrogen-bond acceptors (Lipinski definition) is 3. The number of fused-ring (bicyclic) bond motifs is 3. The van der Waals surface area contributed by atoms with E-state index in [0.29, 0.717) is 19.5 Å². The van der Waals surface area contributed by atoms with Crippen LogP contribution in [0.5, 0.6) is 0 Å². The largest absolute Gasteiger partial charge is 0.478 e. The third-order valence-corrected chi connectivity index (χ3v) is 4.69. The molecule has 1 aliphatic heterocycles. The third kappa shape index (κ3) is 3.01. The first kappa shape index (κ1) is 16.2. The molecule has 2 aromatic carbocycles. The highest BCUT2D eigenvalue weighted by atomic mass is 16.6. The minimum absolute atomic E-state index is 0.236. The monoisotopic (exact) mass is 350 g/mol. The minimum Gasteiger partial charge on any atom is -0.478 e. The maximum atomic E-state index is 12.4. The van der Waals surface area contributed by atoms with Gasteiger partial charge in [-0.1, -0.05) is 30.3 Å². The van der Waals surface area contributed by atoms with Gasteiger partial charge in [-0.3, -0.25) is 0 Å². The van der Waals surface area contributed by atoms with E-state index in [9.17, 15) is 14.7 Å². The topological polar surface area (TPSA) is 82.6 Å². The number of aromatic carboxylic acids is 1. The number of rotatable bonds is 3. The zero-order chi connectivity index (χ0) is 18.1. The first-order valence-electron chi connectivity index (χ1n) is 8.44. The molecule has 1 aliphatic rings. The van der Waals surface area contributed by atoms with Crippen molar-refractivity contribution in [1.29, 1.82) is 0 Å². The fraction of sp³-hybridized carbons (Fsp3) is 0.200. The SMILES string of the molecule is O=C(O)c1ccc2[nH]c3c(c2c1)CN(C(=O)OCc1ccccc1)CC3. The summed E-state index contributed by atoms with van der Waals surface area (Å²) in [7, 11) is 0. The van der Waals surface area contributed by atoms with Gasteiger partial charge in [-0.2, -0.15) is 0 Å². The number of nitrogens with one attached hydrogen (secondary N) is 1. The van der Waals surface area contributed by atoms with Crippen LogP contribution in [-0.4, -0.2) is 33.6 Å². The van der Waals surface area contributed by atoms with Crippen LogP contribution in [0.4, 0.5) is 4.79 Å². The van der Waals surface area contributed by atoms with E-state index in [1.54, 1.807) is 23.1 Å². The fourth-order valence-corrected chi connectivity index (χ4v) is 3.31. The van der Waals surface area contributed by atoms with Crippen LogP contribution in [0.1, 0.15) is 27.2 Å². The van der Waals surface area contributed by atoms with E-state index in [2.05, 4.69) is 4.98 Å². The van der Waals surface area contributed by atoms with Crippen LogP contribution in [0, 0.1) is 0 Å². The van der Waals surface area contributed by atoms with Crippen LogP contribution >= 0.6 is 0 Å². The van der Waals surface area contributed by atoms with Gasteiger partial charge >= 0.3 is 12.1 Å². The molecule has 0 spiro atoms. The zero-order valence-electron chi connectivity index (χ0n) is 14.1. The Kier molecular flexibility index (Phi) is 4.08. The molecule has 0 fully saturated rings. The molecule has 3 aromatic rings. The summed E-state index contributed by atoms with van der Waals surface area (Å²) in [5, 5.41) is 10.1. The van der Waals surface area contributed by atoms with Crippen molar-refractivity contribution in [1.82, 2.24) is 9.88 Å². The number of H-pyrrole nitrogens is 1. The van der Waals surface area contributed by atoms with Crippen LogP contribution < -0.4 is 0 Å². The molecule has 2 heterocycles. The molecule has 132 valence electrons. The summed E-state index contributed by atoms with van der Waals surface area (Å²) >= 11 is 0. The number of carbonyl (C=O) groups excluding carboxylic acids is 1. The molecule has 0 saturated heterocycles. The Labute approximate surface area is 150 Å². The summed E-state index contributed by atoms with van der Waals surface area (Å²) in [4.78, 5) is 28.6. The number of carboxylic acids is 1. The molecule has 6 heteroatoms. The molecular weight excluding hydrogens is 332 g/mol. The molecular formula is C20H18N2O4. The Bertz CT molecular complexity index is 978. The summed E-state index contributed by atoms with van der Waals surface area (Å²) in [5.41, 5.74) is 4.08. The molecule has 1 amide bonds. The number of ether oxygens (including phenoxy) is 1. The number of aromatic nitrogens is 1. The van der Waals surface area contributed by atoms with Gasteiger partial charge in [0.1, 0.15) is 6.61 Å². The van der Waals surface area contributed by atoms with Crippen molar-refractivity contribution in [2.75, 3.05) is 6.54 Å². The van der Waals surface area contributed by atoms with Gasteiger partial charge in [0.25, 0.3) is 0 Å². The predicted octanol–water partition coefficient (Wildman–Crippen LogP) is 3.56. The molecule has 0 atom stereocenters. The van der Waals surface area contributed by atoms with Crippen LogP contribution in [0.2, 0.25) is 0 Å². The summed E-state index contributed by atoms with van der Waals surface area (Å²) in [5.74, 6) is -0.961. The van der Waals surface area contributed by atoms with Crippen molar-refractivity contribution in [3.05, 3.63) is 70.9 Å². The molecule has 1 aromatic heterocycles. The maximum absolute atomic E-state index is 12.4. The lowest BCUT2D eigenvalue weighted by Gasteiger charge is -2.26. The average Bonchev–Trinajstić information content (AvgIpc) is 3.04. The highest BCUT2D eigenvalue weighted by molar-refractivity contribution is 5.95. The number of amides is 1. The number of aromatic amines is 1. The molecule has 0 aliphatic carbocycles. The van der Waals surface area contributed by atoms with E-state index in [4.69, 9.17) is 4.74 Å². The van der Waals surface area contributed by atoms with E-state index < -0.39 is 5.97 Å². The van der Waals surface area contributed by atoms with Gasteiger partial charge in [0.2, 0.25) is 0 Å². The number of carbonyl (C=O) groups is 2. The van der Waals surface area contributed by atoms with Crippen molar-refractivity contribution < 1.29 is 19.4 Å². The first-order valence-corrected chi connectivity index (χ1v) is 8.44. The van der Waals surface area contributed by atoms with Crippen molar-refractivity contribution >= 4 is 23.0 Å². The quantitative estimate of drug-likeness (QED) is 0.757. The summed E-state index contributed by atoms with van der Waals surface area (Å²) in [6, 6.07) is 14.6. The zero-order valence-corrected chi connectivity index (χ0v) is 14.1. The Hall–Kier alpha value is -3.28. The van der Waals surface area contributed by atoms with Crippen molar-refractivity contribution in [3.8, 4) is 0 Å². The van der Waals surface area contributed by atoms with E-state index in [1.165, 1.54) is 0 Å². The number of carboxylic acid groups (broad SMARTS) is 1. The van der Waals surface area contributed by atoms with Gasteiger partial charge in [0.15, 0.2) is 0 Å². The van der Waals surface area contributed by atoms with Crippen LogP contribution in [-0.2, 0) is 24.3 Å². The van der Waals surface area contributed by atoms with Gasteiger partial charge in [0.05, 0.1) is 12.1 Å². The number of hydrogen-bond donors (Lipinski definition) is 2. The smallest absolute Gasteiger partial charge is 0.410 e. The number of benzene rings is 2. The molecule has 4 rings (SSSR count). The van der Waals surface area contributed by atoms with Crippen LogP contribution in [0.15, 0.2) is 48.5 Å². The van der Waals surface area contributed by atoms with Crippen molar-refractivity contribution in [2.24, 2.45) is 0 Å². The van der Waals surface area contributed by atoms with Gasteiger partial charge in [-0.25, -0.2) is 9.59 Å². The lowest BCUT2D eigenvalue weighted by molar-refractivity contribution is 0.0696. The maximum Gasteiger partial charge on any atom is 0.410 e. The van der Waals surface area contributed by atoms with Gasteiger partial charge in [0, 0.05) is 35.1 Å². The van der Waals surface area contributed by atoms with E-state index >= 15 is 0 Å². The molecule has 0 unspecified atom stereocenters. The Morgan fingerprint density at radius 2 is 1.96 bits per heavy atom. The minimum atomic E-state index is -0.961. The molecule has 6 nitrogen and oxygen atoms in total. The molecule has 2 N–H and O–H groups in total. The highest BCUT2D eigenvalue weighted by Crippen LogP contribution is 2.29. The van der Waals surface area contributed by atoms with E-state index in [0.717, 1.165) is 27.7 Å². The van der Waals surface area contributed by atoms with Crippen molar-refractivity contribution in [2.45, 2.75) is 19.6 Å².